The smallest absolute Gasteiger partial charge is 0.149 e. The molecule has 0 spiro atoms. The standard InChI is InChI=1S/C62H59N3O/c1-61(2,3)50-31-33-56(53(39-50)46-17-11-8-12-18-46)65-57-22-14-21-52(59(57)64-60(65)54-40-51(62(4,5)6)32-34-58(54)66)48-19-13-20-49(37-48)55-38-47(35-36-63-55)45-29-27-44(28-30-45)43-25-23-42(24-26-43)41-15-9-7-10-16-41/h7-22,27-40,42-43,66H,23-26H2,1-6H3/i42D,43D. The van der Waals surface area contributed by atoms with Gasteiger partial charge in [0, 0.05) is 25.6 Å². The Hall–Kier alpha value is -7.04. The quantitative estimate of drug-likeness (QED) is 0.166. The van der Waals surface area contributed by atoms with Gasteiger partial charge in [-0.05, 0) is 141 Å². The Morgan fingerprint density at radius 3 is 1.77 bits per heavy atom. The molecule has 2 aromatic heterocycles. The van der Waals surface area contributed by atoms with Gasteiger partial charge >= 0.3 is 0 Å². The molecule has 0 amide bonds. The van der Waals surface area contributed by atoms with Crippen LogP contribution in [-0.4, -0.2) is 19.6 Å². The second kappa shape index (κ2) is 17.4. The highest BCUT2D eigenvalue weighted by Crippen LogP contribution is 2.44. The van der Waals surface area contributed by atoms with Crippen molar-refractivity contribution in [1.29, 1.82) is 0 Å². The molecule has 66 heavy (non-hydrogen) atoms. The summed E-state index contributed by atoms with van der Waals surface area (Å²) in [6.07, 6.45) is 4.52. The maximum atomic E-state index is 11.7. The van der Waals surface area contributed by atoms with Gasteiger partial charge in [-0.1, -0.05) is 169 Å². The van der Waals surface area contributed by atoms with Crippen molar-refractivity contribution in [2.75, 3.05) is 0 Å². The second-order valence-electron chi connectivity index (χ2n) is 19.9. The molecule has 0 aliphatic heterocycles. The van der Waals surface area contributed by atoms with Crippen LogP contribution in [0, 0.1) is 0 Å². The lowest BCUT2D eigenvalue weighted by Crippen LogP contribution is -2.12. The van der Waals surface area contributed by atoms with Gasteiger partial charge in [0.1, 0.15) is 11.6 Å². The molecule has 0 bridgehead atoms. The predicted octanol–water partition coefficient (Wildman–Crippen LogP) is 16.5. The van der Waals surface area contributed by atoms with Gasteiger partial charge in [-0.2, -0.15) is 0 Å². The molecular formula is C62H59N3O. The highest BCUT2D eigenvalue weighted by molar-refractivity contribution is 5.97. The molecule has 1 saturated carbocycles. The van der Waals surface area contributed by atoms with Gasteiger partial charge in [0.25, 0.3) is 0 Å². The number of rotatable bonds is 8. The Kier molecular flexibility index (Phi) is 10.7. The number of nitrogens with zero attached hydrogens (tertiary/aromatic N) is 3. The summed E-state index contributed by atoms with van der Waals surface area (Å²) in [5.74, 6) is -0.496. The van der Waals surface area contributed by atoms with Crippen molar-refractivity contribution in [2.24, 2.45) is 0 Å². The minimum absolute atomic E-state index is 0.0694. The van der Waals surface area contributed by atoms with Crippen molar-refractivity contribution in [3.05, 3.63) is 204 Å². The molecule has 2 heterocycles. The Morgan fingerprint density at radius 1 is 0.500 bits per heavy atom. The van der Waals surface area contributed by atoms with Crippen molar-refractivity contribution in [3.8, 4) is 67.5 Å². The van der Waals surface area contributed by atoms with Gasteiger partial charge in [-0.25, -0.2) is 4.98 Å². The lowest BCUT2D eigenvalue weighted by atomic mass is 9.76. The molecule has 1 N–H and O–H groups in total. The number of fused-ring (bicyclic) bond motifs is 1. The van der Waals surface area contributed by atoms with E-state index in [-0.39, 0.29) is 16.6 Å². The van der Waals surface area contributed by atoms with E-state index in [0.717, 1.165) is 78.0 Å². The van der Waals surface area contributed by atoms with Crippen LogP contribution in [0.5, 0.6) is 5.75 Å². The van der Waals surface area contributed by atoms with Crippen LogP contribution in [0.2, 0.25) is 0 Å². The highest BCUT2D eigenvalue weighted by Gasteiger charge is 2.26. The molecule has 7 aromatic carbocycles. The molecule has 9 aromatic rings. The van der Waals surface area contributed by atoms with E-state index >= 15 is 0 Å². The van der Waals surface area contributed by atoms with Gasteiger partial charge in [-0.15, -0.1) is 0 Å². The summed E-state index contributed by atoms with van der Waals surface area (Å²) in [5, 5.41) is 11.7. The van der Waals surface area contributed by atoms with Gasteiger partial charge in [-0.3, -0.25) is 9.55 Å². The van der Waals surface area contributed by atoms with Crippen LogP contribution < -0.4 is 0 Å². The zero-order valence-electron chi connectivity index (χ0n) is 40.9. The molecular weight excluding hydrogens is 803 g/mol. The minimum Gasteiger partial charge on any atom is -0.507 e. The molecule has 1 fully saturated rings. The maximum absolute atomic E-state index is 11.7. The van der Waals surface area contributed by atoms with E-state index in [4.69, 9.17) is 9.97 Å². The van der Waals surface area contributed by atoms with E-state index < -0.39 is 11.8 Å². The van der Waals surface area contributed by atoms with Gasteiger partial charge in [0.2, 0.25) is 0 Å². The fraction of sp³-hybridized carbons (Fsp3) is 0.226. The summed E-state index contributed by atoms with van der Waals surface area (Å²) in [4.78, 5) is 10.4. The maximum Gasteiger partial charge on any atom is 0.149 e. The zero-order chi connectivity index (χ0) is 47.4. The molecule has 0 atom stereocenters. The van der Waals surface area contributed by atoms with E-state index in [1.807, 2.05) is 36.5 Å². The largest absolute Gasteiger partial charge is 0.507 e. The number of phenolic OH excluding ortho intramolecular Hbond substituents is 1. The van der Waals surface area contributed by atoms with Crippen molar-refractivity contribution in [3.63, 3.8) is 0 Å². The minimum atomic E-state index is -0.709. The van der Waals surface area contributed by atoms with Crippen LogP contribution in [0.25, 0.3) is 72.7 Å². The van der Waals surface area contributed by atoms with Crippen LogP contribution in [0.3, 0.4) is 0 Å². The Bertz CT molecular complexity index is 3280. The molecule has 0 radical (unpaired) electrons. The third-order valence-corrected chi connectivity index (χ3v) is 13.5. The Morgan fingerprint density at radius 2 is 1.09 bits per heavy atom. The average molecular weight is 864 g/mol. The summed E-state index contributed by atoms with van der Waals surface area (Å²) in [6.45, 7) is 13.3. The van der Waals surface area contributed by atoms with E-state index in [1.54, 1.807) is 6.07 Å². The first-order valence-electron chi connectivity index (χ1n) is 24.4. The molecule has 328 valence electrons. The third-order valence-electron chi connectivity index (χ3n) is 13.5. The Balaban J connectivity index is 1.03. The number of aromatic hydroxyl groups is 1. The number of hydrogen-bond donors (Lipinski definition) is 1. The number of pyridine rings is 1. The first kappa shape index (κ1) is 40.5. The lowest BCUT2D eigenvalue weighted by Gasteiger charge is -2.29. The number of hydrogen-bond acceptors (Lipinski definition) is 3. The first-order chi connectivity index (χ1) is 32.6. The molecule has 4 heteroatoms. The average Bonchev–Trinajstić information content (AvgIpc) is 3.74. The number of imidazole rings is 1. The highest BCUT2D eigenvalue weighted by atomic mass is 16.3. The summed E-state index contributed by atoms with van der Waals surface area (Å²) in [7, 11) is 0. The number of phenols is 1. The molecule has 4 nitrogen and oxygen atoms in total. The molecule has 10 rings (SSSR count). The Labute approximate surface area is 393 Å². The van der Waals surface area contributed by atoms with Crippen LogP contribution >= 0.6 is 0 Å². The van der Waals surface area contributed by atoms with Crippen molar-refractivity contribution in [2.45, 2.75) is 89.8 Å². The summed E-state index contributed by atoms with van der Waals surface area (Å²) >= 11 is 0. The van der Waals surface area contributed by atoms with Crippen LogP contribution in [0.15, 0.2) is 182 Å². The predicted molar refractivity (Wildman–Crippen MR) is 276 cm³/mol. The zero-order valence-corrected chi connectivity index (χ0v) is 38.9. The second-order valence-corrected chi connectivity index (χ2v) is 19.9. The van der Waals surface area contributed by atoms with E-state index in [2.05, 4.69) is 186 Å². The summed E-state index contributed by atoms with van der Waals surface area (Å²) in [6, 6.07) is 60.9. The van der Waals surface area contributed by atoms with Crippen LogP contribution in [0.1, 0.15) is 104 Å². The third kappa shape index (κ3) is 8.49. The van der Waals surface area contributed by atoms with Gasteiger partial charge < -0.3 is 5.11 Å². The number of benzene rings is 7. The fourth-order valence-corrected chi connectivity index (χ4v) is 9.60. The topological polar surface area (TPSA) is 50.9 Å². The molecule has 0 saturated heterocycles. The SMILES string of the molecule is [2H]C1(c2ccccc2)CCC([2H])(c2ccc(-c3ccnc(-c4cccc(-c5cccc6c5nc(-c5cc(C(C)(C)C)ccc5O)n6-c5ccc(C(C)(C)C)cc5-c5ccccc5)c4)c3)cc2)CC1. The van der Waals surface area contributed by atoms with Gasteiger partial charge in [0.15, 0.2) is 0 Å². The number of aromatic nitrogens is 3. The van der Waals surface area contributed by atoms with Crippen LogP contribution in [-0.2, 0) is 10.8 Å². The molecule has 1 aliphatic carbocycles. The number of para-hydroxylation sites is 1. The fourth-order valence-electron chi connectivity index (χ4n) is 9.60. The van der Waals surface area contributed by atoms with Crippen molar-refractivity contribution < 1.29 is 7.85 Å². The molecule has 0 unspecified atom stereocenters. The normalized spacial score (nSPS) is 18.2. The monoisotopic (exact) mass is 863 g/mol. The van der Waals surface area contributed by atoms with Crippen molar-refractivity contribution in [1.82, 2.24) is 14.5 Å². The molecule has 1 aliphatic rings. The first-order valence-corrected chi connectivity index (χ1v) is 23.4. The van der Waals surface area contributed by atoms with Crippen molar-refractivity contribution >= 4 is 11.0 Å². The summed E-state index contributed by atoms with van der Waals surface area (Å²) < 4.78 is 20.9. The lowest BCUT2D eigenvalue weighted by molar-refractivity contribution is 0.396. The van der Waals surface area contributed by atoms with E-state index in [9.17, 15) is 7.85 Å². The van der Waals surface area contributed by atoms with Crippen LogP contribution in [0.4, 0.5) is 0 Å². The van der Waals surface area contributed by atoms with Gasteiger partial charge in [0.05, 0.1) is 28.0 Å². The summed E-state index contributed by atoms with van der Waals surface area (Å²) in [5.41, 5.74) is 15.8. The van der Waals surface area contributed by atoms with E-state index in [1.165, 1.54) is 5.56 Å². The van der Waals surface area contributed by atoms with E-state index in [0.29, 0.717) is 37.1 Å².